The molecule has 1 N–H and O–H groups in total. The van der Waals surface area contributed by atoms with Crippen molar-refractivity contribution in [3.05, 3.63) is 258 Å². The Bertz CT molecular complexity index is 4780. The standard InChI is InChI=1S/C22H13BrClN.C22H12BrN.C12H9N.C10H5BrClI/c23-17-13-12-14-6-5-11-20(21(14)22(17)24)25-18-9-3-1-7-15(18)16-8-2-4-10-19(16)25;23-17-12-11-13-5-3-10-19-20(13)21(17)16-8-4-7-15-14-6-1-2-9-18(14)24(19)22(15)16;1-3-7-11-9(5-1)10-6-2-4-8-12(10)13-11;11-7-5-4-6-2-1-3-8(13)9(6)10(7)12/h1-13H;1-12H;1-8,13H;1-5H. The third-order valence-corrected chi connectivity index (χ3v) is 18.3. The number of rotatable bonds is 1. The quantitative estimate of drug-likeness (QED) is 0.0963. The van der Waals surface area contributed by atoms with Gasteiger partial charge < -0.3 is 14.0 Å². The van der Waals surface area contributed by atoms with E-state index < -0.39 is 0 Å². The summed E-state index contributed by atoms with van der Waals surface area (Å²) in [5, 5.41) is 19.0. The topological polar surface area (TPSA) is 25.1 Å². The molecular formula is C66H39Br3Cl2IN3. The van der Waals surface area contributed by atoms with Gasteiger partial charge in [0.1, 0.15) is 0 Å². The molecule has 16 rings (SSSR count). The van der Waals surface area contributed by atoms with E-state index in [0.29, 0.717) is 0 Å². The Kier molecular flexibility index (Phi) is 12.8. The van der Waals surface area contributed by atoms with Crippen LogP contribution in [0.4, 0.5) is 0 Å². The molecule has 0 amide bonds. The Morgan fingerprint density at radius 3 is 1.39 bits per heavy atom. The third kappa shape index (κ3) is 8.26. The molecule has 75 heavy (non-hydrogen) atoms. The van der Waals surface area contributed by atoms with Gasteiger partial charge in [0.05, 0.1) is 43.3 Å². The molecule has 0 aliphatic carbocycles. The lowest BCUT2D eigenvalue weighted by atomic mass is 9.99. The molecule has 9 heteroatoms. The summed E-state index contributed by atoms with van der Waals surface area (Å²) in [5.41, 5.74) is 9.76. The molecule has 4 heterocycles. The maximum atomic E-state index is 6.69. The average Bonchev–Trinajstić information content (AvgIpc) is 4.23. The van der Waals surface area contributed by atoms with Crippen LogP contribution in [0.3, 0.4) is 0 Å². The summed E-state index contributed by atoms with van der Waals surface area (Å²) >= 11 is 25.9. The minimum Gasteiger partial charge on any atom is -0.355 e. The van der Waals surface area contributed by atoms with Gasteiger partial charge in [0.25, 0.3) is 0 Å². The van der Waals surface area contributed by atoms with Gasteiger partial charge in [-0.15, -0.1) is 0 Å². The number of nitrogens with one attached hydrogen (secondary N) is 1. The molecule has 3 nitrogen and oxygen atoms in total. The fourth-order valence-corrected chi connectivity index (χ4v) is 13.7. The van der Waals surface area contributed by atoms with Crippen molar-refractivity contribution >= 4 is 208 Å². The molecule has 12 aromatic carbocycles. The summed E-state index contributed by atoms with van der Waals surface area (Å²) < 4.78 is 8.95. The van der Waals surface area contributed by atoms with Crippen LogP contribution in [0.1, 0.15) is 0 Å². The second-order valence-corrected chi connectivity index (χ2v) is 22.9. The number of aromatic nitrogens is 3. The summed E-state index contributed by atoms with van der Waals surface area (Å²) in [6, 6.07) is 80.7. The van der Waals surface area contributed by atoms with Crippen molar-refractivity contribution in [3.63, 3.8) is 0 Å². The number of fused-ring (bicyclic) bond motifs is 13. The Hall–Kier alpha value is -6.43. The number of halogens is 6. The van der Waals surface area contributed by atoms with Crippen molar-refractivity contribution in [1.29, 1.82) is 0 Å². The second kappa shape index (κ2) is 19.9. The number of nitrogens with zero attached hydrogens (tertiary/aromatic N) is 2. The number of hydrogen-bond acceptors (Lipinski definition) is 0. The van der Waals surface area contributed by atoms with Gasteiger partial charge in [0.15, 0.2) is 0 Å². The molecule has 0 atom stereocenters. The lowest BCUT2D eigenvalue weighted by Gasteiger charge is -2.14. The van der Waals surface area contributed by atoms with Crippen molar-refractivity contribution in [1.82, 2.24) is 14.0 Å². The van der Waals surface area contributed by atoms with E-state index >= 15 is 0 Å². The highest BCUT2D eigenvalue weighted by molar-refractivity contribution is 14.1. The monoisotopic (exact) mass is 1310 g/mol. The van der Waals surface area contributed by atoms with Crippen LogP contribution in [0.2, 0.25) is 10.0 Å². The van der Waals surface area contributed by atoms with Crippen molar-refractivity contribution < 1.29 is 0 Å². The minimum absolute atomic E-state index is 0.745. The zero-order valence-electron chi connectivity index (χ0n) is 39.6. The van der Waals surface area contributed by atoms with Crippen molar-refractivity contribution in [3.8, 4) is 5.69 Å². The summed E-state index contributed by atoms with van der Waals surface area (Å²) in [4.78, 5) is 3.38. The van der Waals surface area contributed by atoms with E-state index in [4.69, 9.17) is 23.2 Å². The van der Waals surface area contributed by atoms with Crippen LogP contribution < -0.4 is 0 Å². The zero-order chi connectivity index (χ0) is 50.9. The summed E-state index contributed by atoms with van der Waals surface area (Å²) in [6.45, 7) is 0. The molecule has 360 valence electrons. The summed E-state index contributed by atoms with van der Waals surface area (Å²) in [7, 11) is 0. The lowest BCUT2D eigenvalue weighted by molar-refractivity contribution is 1.20. The molecule has 0 radical (unpaired) electrons. The number of H-pyrrole nitrogens is 1. The second-order valence-electron chi connectivity index (χ2n) is 18.4. The SMILES string of the molecule is Brc1ccc2cccc3c2c1c1cccc2c4ccccc4n3c21.Clc1c(Br)ccc2cccc(-n3c4ccccc4c4ccccc43)c12.Clc1c(Br)ccc2cccc(I)c12.c1ccc2c(c1)[nH]c1ccccc12. The van der Waals surface area contributed by atoms with E-state index in [1.165, 1.54) is 101 Å². The highest BCUT2D eigenvalue weighted by atomic mass is 127. The van der Waals surface area contributed by atoms with Crippen LogP contribution >= 0.6 is 93.6 Å². The third-order valence-electron chi connectivity index (χ3n) is 14.2. The highest BCUT2D eigenvalue weighted by Gasteiger charge is 2.19. The molecule has 0 saturated heterocycles. The molecule has 4 aromatic heterocycles. The van der Waals surface area contributed by atoms with Crippen LogP contribution in [0.5, 0.6) is 0 Å². The van der Waals surface area contributed by atoms with Crippen LogP contribution in [0, 0.1) is 3.57 Å². The first-order chi connectivity index (χ1) is 36.7. The molecule has 0 aliphatic rings. The Morgan fingerprint density at radius 1 is 0.333 bits per heavy atom. The van der Waals surface area contributed by atoms with E-state index in [9.17, 15) is 0 Å². The maximum absolute atomic E-state index is 6.69. The first-order valence-electron chi connectivity index (χ1n) is 24.3. The zero-order valence-corrected chi connectivity index (χ0v) is 48.0. The van der Waals surface area contributed by atoms with Crippen LogP contribution in [0.25, 0.3) is 120 Å². The Morgan fingerprint density at radius 2 is 0.760 bits per heavy atom. The highest BCUT2D eigenvalue weighted by Crippen LogP contribution is 2.44. The van der Waals surface area contributed by atoms with Gasteiger partial charge >= 0.3 is 0 Å². The van der Waals surface area contributed by atoms with Gasteiger partial charge in [0, 0.05) is 87.3 Å². The van der Waals surface area contributed by atoms with Gasteiger partial charge in [-0.1, -0.05) is 203 Å². The van der Waals surface area contributed by atoms with Crippen LogP contribution in [0.15, 0.2) is 244 Å². The van der Waals surface area contributed by atoms with E-state index in [1.807, 2.05) is 18.2 Å². The summed E-state index contributed by atoms with van der Waals surface area (Å²) in [6.07, 6.45) is 0. The van der Waals surface area contributed by atoms with Gasteiger partial charge in [-0.2, -0.15) is 0 Å². The Balaban J connectivity index is 0.000000100. The lowest BCUT2D eigenvalue weighted by Crippen LogP contribution is -1.95. The number of hydrogen-bond donors (Lipinski definition) is 1. The van der Waals surface area contributed by atoms with Gasteiger partial charge in [-0.25, -0.2) is 0 Å². The normalized spacial score (nSPS) is 11.6. The number of aromatic amines is 1. The number of para-hydroxylation sites is 6. The first kappa shape index (κ1) is 48.2. The number of benzene rings is 12. The molecule has 0 saturated carbocycles. The fraction of sp³-hybridized carbons (Fsp3) is 0. The smallest absolute Gasteiger partial charge is 0.0647 e. The average molecular weight is 1310 g/mol. The molecule has 16 aromatic rings. The predicted molar refractivity (Wildman–Crippen MR) is 342 cm³/mol. The molecule has 0 bridgehead atoms. The predicted octanol–water partition coefficient (Wildman–Crippen LogP) is 22.3. The first-order valence-corrected chi connectivity index (χ1v) is 28.5. The molecule has 0 fully saturated rings. The van der Waals surface area contributed by atoms with Crippen molar-refractivity contribution in [2.45, 2.75) is 0 Å². The van der Waals surface area contributed by atoms with Crippen molar-refractivity contribution in [2.24, 2.45) is 0 Å². The fourth-order valence-electron chi connectivity index (χ4n) is 11.0. The van der Waals surface area contributed by atoms with E-state index in [0.717, 1.165) is 45.3 Å². The van der Waals surface area contributed by atoms with Gasteiger partial charge in [-0.3, -0.25) is 0 Å². The van der Waals surface area contributed by atoms with E-state index in [2.05, 4.69) is 297 Å². The van der Waals surface area contributed by atoms with E-state index in [1.54, 1.807) is 0 Å². The van der Waals surface area contributed by atoms with Gasteiger partial charge in [0.2, 0.25) is 0 Å². The van der Waals surface area contributed by atoms with Crippen molar-refractivity contribution in [2.75, 3.05) is 0 Å². The molecular weight excluding hydrogens is 1270 g/mol. The van der Waals surface area contributed by atoms with Crippen LogP contribution in [-0.2, 0) is 0 Å². The number of pyridine rings is 1. The molecule has 0 spiro atoms. The Labute approximate surface area is 480 Å². The molecule has 0 aliphatic heterocycles. The minimum atomic E-state index is 0.745. The van der Waals surface area contributed by atoms with Gasteiger partial charge in [-0.05, 0) is 137 Å². The maximum Gasteiger partial charge on any atom is 0.0647 e. The summed E-state index contributed by atoms with van der Waals surface area (Å²) in [5.74, 6) is 0. The largest absolute Gasteiger partial charge is 0.355 e. The van der Waals surface area contributed by atoms with Crippen LogP contribution in [-0.4, -0.2) is 14.0 Å². The molecule has 0 unspecified atom stereocenters. The van der Waals surface area contributed by atoms with E-state index in [-0.39, 0.29) is 0 Å².